The molecule has 0 saturated heterocycles. The Kier molecular flexibility index (Phi) is 4.62. The van der Waals surface area contributed by atoms with Gasteiger partial charge in [0.05, 0.1) is 11.4 Å². The summed E-state index contributed by atoms with van der Waals surface area (Å²) in [6.45, 7) is 4.63. The highest BCUT2D eigenvalue weighted by atomic mass is 16.2. The van der Waals surface area contributed by atoms with Gasteiger partial charge in [0.25, 0.3) is 5.91 Å². The van der Waals surface area contributed by atoms with Crippen LogP contribution in [0.5, 0.6) is 0 Å². The van der Waals surface area contributed by atoms with Gasteiger partial charge in [-0.3, -0.25) is 9.89 Å². The number of nitrogens with two attached hydrogens (primary N) is 1. The molecule has 0 unspecified atom stereocenters. The smallest absolute Gasteiger partial charge is 0.276 e. The molecule has 2 aromatic rings. The molecule has 0 fully saturated rings. The van der Waals surface area contributed by atoms with Crippen LogP contribution in [0.15, 0.2) is 24.3 Å². The number of carbonyl (C=O) groups is 1. The second kappa shape index (κ2) is 6.43. The quantitative estimate of drug-likeness (QED) is 0.886. The zero-order chi connectivity index (χ0) is 15.4. The van der Waals surface area contributed by atoms with Crippen LogP contribution in [-0.4, -0.2) is 28.1 Å². The van der Waals surface area contributed by atoms with E-state index in [0.717, 1.165) is 24.1 Å². The van der Waals surface area contributed by atoms with E-state index >= 15 is 0 Å². The van der Waals surface area contributed by atoms with Gasteiger partial charge in [0, 0.05) is 13.6 Å². The number of hydrogen-bond acceptors (Lipinski definition) is 3. The molecule has 0 saturated carbocycles. The molecular weight excluding hydrogens is 264 g/mol. The summed E-state index contributed by atoms with van der Waals surface area (Å²) in [5.74, 6) is -0.164. The minimum atomic E-state index is -0.164. The van der Waals surface area contributed by atoms with Crippen molar-refractivity contribution in [3.63, 3.8) is 0 Å². The van der Waals surface area contributed by atoms with Gasteiger partial charge in [0.15, 0.2) is 5.69 Å². The van der Waals surface area contributed by atoms with Crippen molar-refractivity contribution in [1.29, 1.82) is 0 Å². The number of nitrogens with zero attached hydrogens (tertiary/aromatic N) is 2. The third-order valence-corrected chi connectivity index (χ3v) is 3.64. The van der Waals surface area contributed by atoms with Crippen LogP contribution in [0, 0.1) is 0 Å². The molecule has 0 bridgehead atoms. The third-order valence-electron chi connectivity index (χ3n) is 3.64. The number of nitrogens with one attached hydrogen (secondary N) is 1. The van der Waals surface area contributed by atoms with Crippen LogP contribution in [0.3, 0.4) is 0 Å². The van der Waals surface area contributed by atoms with Crippen molar-refractivity contribution >= 4 is 11.6 Å². The molecule has 0 spiro atoms. The van der Waals surface area contributed by atoms with Gasteiger partial charge in [-0.05, 0) is 24.0 Å². The molecule has 0 radical (unpaired) electrons. The summed E-state index contributed by atoms with van der Waals surface area (Å²) in [5, 5.41) is 6.85. The second-order valence-electron chi connectivity index (χ2n) is 5.15. The summed E-state index contributed by atoms with van der Waals surface area (Å²) in [4.78, 5) is 14.0. The molecule has 3 N–H and O–H groups in total. The topological polar surface area (TPSA) is 75.0 Å². The van der Waals surface area contributed by atoms with Gasteiger partial charge in [0.1, 0.15) is 0 Å². The van der Waals surface area contributed by atoms with Crippen LogP contribution in [0.4, 0.5) is 5.69 Å². The zero-order valence-corrected chi connectivity index (χ0v) is 12.8. The Morgan fingerprint density at radius 1 is 1.19 bits per heavy atom. The lowest BCUT2D eigenvalue weighted by atomic mass is 10.1. The number of rotatable bonds is 5. The van der Waals surface area contributed by atoms with E-state index in [1.165, 1.54) is 5.56 Å². The zero-order valence-electron chi connectivity index (χ0n) is 12.8. The minimum absolute atomic E-state index is 0.164. The van der Waals surface area contributed by atoms with E-state index in [1.54, 1.807) is 11.9 Å². The number of aromatic nitrogens is 2. The number of aromatic amines is 1. The Morgan fingerprint density at radius 2 is 1.81 bits per heavy atom. The number of amides is 1. The Balaban J connectivity index is 2.09. The average Bonchev–Trinajstić information content (AvgIpc) is 2.88. The average molecular weight is 286 g/mol. The molecule has 1 aromatic carbocycles. The second-order valence-corrected chi connectivity index (χ2v) is 5.15. The van der Waals surface area contributed by atoms with E-state index in [1.807, 2.05) is 19.1 Å². The maximum atomic E-state index is 12.4. The fourth-order valence-corrected chi connectivity index (χ4v) is 2.23. The van der Waals surface area contributed by atoms with Crippen LogP contribution >= 0.6 is 0 Å². The molecule has 5 heteroatoms. The van der Waals surface area contributed by atoms with Gasteiger partial charge in [-0.1, -0.05) is 38.1 Å². The maximum Gasteiger partial charge on any atom is 0.276 e. The van der Waals surface area contributed by atoms with E-state index in [4.69, 9.17) is 5.73 Å². The van der Waals surface area contributed by atoms with E-state index in [-0.39, 0.29) is 5.91 Å². The van der Waals surface area contributed by atoms with Crippen LogP contribution in [0.1, 0.15) is 41.2 Å². The Bertz CT molecular complexity index is 616. The van der Waals surface area contributed by atoms with Crippen molar-refractivity contribution in [2.45, 2.75) is 33.2 Å². The van der Waals surface area contributed by atoms with Gasteiger partial charge in [0.2, 0.25) is 0 Å². The molecule has 2 rings (SSSR count). The van der Waals surface area contributed by atoms with Gasteiger partial charge in [-0.15, -0.1) is 0 Å². The maximum absolute atomic E-state index is 12.4. The number of hydrogen-bond donors (Lipinski definition) is 2. The van der Waals surface area contributed by atoms with Gasteiger partial charge >= 0.3 is 0 Å². The first-order valence-electron chi connectivity index (χ1n) is 7.22. The number of carbonyl (C=O) groups excluding carboxylic acids is 1. The molecule has 21 heavy (non-hydrogen) atoms. The highest BCUT2D eigenvalue weighted by Gasteiger charge is 2.20. The van der Waals surface area contributed by atoms with Crippen LogP contribution in [-0.2, 0) is 19.4 Å². The predicted molar refractivity (Wildman–Crippen MR) is 84.0 cm³/mol. The molecule has 0 atom stereocenters. The lowest BCUT2D eigenvalue weighted by molar-refractivity contribution is 0.0780. The summed E-state index contributed by atoms with van der Waals surface area (Å²) in [5.41, 5.74) is 9.89. The fourth-order valence-electron chi connectivity index (χ4n) is 2.23. The molecule has 0 aliphatic rings. The third kappa shape index (κ3) is 3.24. The summed E-state index contributed by atoms with van der Waals surface area (Å²) >= 11 is 0. The predicted octanol–water partition coefficient (Wildman–Crippen LogP) is 2.39. The fraction of sp³-hybridized carbons (Fsp3) is 0.375. The SMILES string of the molecule is CCc1ccc(CN(C)C(=O)c2n[nH]c(CC)c2N)cc1. The molecule has 1 heterocycles. The van der Waals surface area contributed by atoms with Gasteiger partial charge < -0.3 is 10.6 Å². The van der Waals surface area contributed by atoms with E-state index in [2.05, 4.69) is 29.3 Å². The van der Waals surface area contributed by atoms with Crippen molar-refractivity contribution < 1.29 is 4.79 Å². The van der Waals surface area contributed by atoms with Crippen LogP contribution in [0.2, 0.25) is 0 Å². The van der Waals surface area contributed by atoms with Crippen molar-refractivity contribution in [3.05, 3.63) is 46.8 Å². The lowest BCUT2D eigenvalue weighted by Crippen LogP contribution is -2.27. The summed E-state index contributed by atoms with van der Waals surface area (Å²) in [6.07, 6.45) is 1.74. The van der Waals surface area contributed by atoms with Crippen molar-refractivity contribution in [1.82, 2.24) is 15.1 Å². The molecule has 0 aliphatic carbocycles. The molecule has 112 valence electrons. The number of benzene rings is 1. The first-order chi connectivity index (χ1) is 10.1. The number of aryl methyl sites for hydroxylation is 2. The molecular formula is C16H22N4O. The van der Waals surface area contributed by atoms with E-state index in [9.17, 15) is 4.79 Å². The number of nitrogen functional groups attached to an aromatic ring is 1. The van der Waals surface area contributed by atoms with Gasteiger partial charge in [-0.25, -0.2) is 0 Å². The van der Waals surface area contributed by atoms with Crippen molar-refractivity contribution in [3.8, 4) is 0 Å². The van der Waals surface area contributed by atoms with Crippen LogP contribution < -0.4 is 5.73 Å². The summed E-state index contributed by atoms with van der Waals surface area (Å²) in [6, 6.07) is 8.28. The molecule has 1 amide bonds. The van der Waals surface area contributed by atoms with E-state index < -0.39 is 0 Å². The largest absolute Gasteiger partial charge is 0.395 e. The van der Waals surface area contributed by atoms with Crippen LogP contribution in [0.25, 0.3) is 0 Å². The van der Waals surface area contributed by atoms with Crippen molar-refractivity contribution in [2.75, 3.05) is 12.8 Å². The lowest BCUT2D eigenvalue weighted by Gasteiger charge is -2.16. The highest BCUT2D eigenvalue weighted by molar-refractivity contribution is 5.97. The number of H-pyrrole nitrogens is 1. The standard InChI is InChI=1S/C16H22N4O/c1-4-11-6-8-12(9-7-11)10-20(3)16(21)15-14(17)13(5-2)18-19-15/h6-9H,4-5,10,17H2,1-3H3,(H,18,19). The summed E-state index contributed by atoms with van der Waals surface area (Å²) < 4.78 is 0. The van der Waals surface area contributed by atoms with E-state index in [0.29, 0.717) is 17.9 Å². The molecule has 0 aliphatic heterocycles. The Morgan fingerprint density at radius 3 is 2.33 bits per heavy atom. The first kappa shape index (κ1) is 15.1. The monoisotopic (exact) mass is 286 g/mol. The Labute approximate surface area is 125 Å². The molecule has 1 aromatic heterocycles. The summed E-state index contributed by atoms with van der Waals surface area (Å²) in [7, 11) is 1.76. The normalized spacial score (nSPS) is 10.6. The molecule has 5 nitrogen and oxygen atoms in total. The number of anilines is 1. The highest BCUT2D eigenvalue weighted by Crippen LogP contribution is 2.17. The van der Waals surface area contributed by atoms with Crippen molar-refractivity contribution in [2.24, 2.45) is 0 Å². The van der Waals surface area contributed by atoms with Gasteiger partial charge in [-0.2, -0.15) is 5.10 Å². The first-order valence-corrected chi connectivity index (χ1v) is 7.22. The Hall–Kier alpha value is -2.30. The minimum Gasteiger partial charge on any atom is -0.395 e.